The van der Waals surface area contributed by atoms with Gasteiger partial charge in [0.25, 0.3) is 0 Å². The average Bonchev–Trinajstić information content (AvgIpc) is 3.12. The molecule has 7 heteroatoms. The molecule has 2 atom stereocenters. The first kappa shape index (κ1) is 15.6. The van der Waals surface area contributed by atoms with Gasteiger partial charge in [0.2, 0.25) is 5.91 Å². The van der Waals surface area contributed by atoms with E-state index in [9.17, 15) is 14.4 Å². The third kappa shape index (κ3) is 4.34. The van der Waals surface area contributed by atoms with E-state index in [1.807, 2.05) is 0 Å². The van der Waals surface area contributed by atoms with Crippen LogP contribution in [0.15, 0.2) is 0 Å². The van der Waals surface area contributed by atoms with Gasteiger partial charge in [0.15, 0.2) is 0 Å². The smallest absolute Gasteiger partial charge is 0.315 e. The van der Waals surface area contributed by atoms with E-state index in [1.54, 1.807) is 4.90 Å². The number of rotatable bonds is 5. The first-order valence-electron chi connectivity index (χ1n) is 7.60. The lowest BCUT2D eigenvalue weighted by Gasteiger charge is -2.18. The second kappa shape index (κ2) is 7.28. The van der Waals surface area contributed by atoms with Crippen molar-refractivity contribution in [1.29, 1.82) is 0 Å². The van der Waals surface area contributed by atoms with Crippen LogP contribution in [0.3, 0.4) is 0 Å². The molecule has 1 aliphatic carbocycles. The second-order valence-corrected chi connectivity index (χ2v) is 5.79. The lowest BCUT2D eigenvalue weighted by molar-refractivity contribution is -0.142. The van der Waals surface area contributed by atoms with E-state index in [0.717, 1.165) is 38.8 Å². The van der Waals surface area contributed by atoms with Gasteiger partial charge in [-0.15, -0.1) is 0 Å². The second-order valence-electron chi connectivity index (χ2n) is 5.79. The number of nitrogens with one attached hydrogen (secondary N) is 2. The summed E-state index contributed by atoms with van der Waals surface area (Å²) in [6.45, 7) is 1.88. The lowest BCUT2D eigenvalue weighted by atomic mass is 9.96. The van der Waals surface area contributed by atoms with Crippen molar-refractivity contribution in [1.82, 2.24) is 15.5 Å². The minimum atomic E-state index is -0.788. The summed E-state index contributed by atoms with van der Waals surface area (Å²) < 4.78 is 0. The predicted molar refractivity (Wildman–Crippen MR) is 75.7 cm³/mol. The standard InChI is InChI=1S/C14H23N3O4/c18-12(17-6-1-2-7-17)9-16-14(21)15-8-10-4-3-5-11(10)13(19)20/h10-11H,1-9H2,(H,19,20)(H2,15,16,21). The highest BCUT2D eigenvalue weighted by molar-refractivity contribution is 5.84. The van der Waals surface area contributed by atoms with Crippen molar-refractivity contribution in [2.45, 2.75) is 32.1 Å². The molecular weight excluding hydrogens is 274 g/mol. The molecule has 2 fully saturated rings. The molecule has 3 N–H and O–H groups in total. The van der Waals surface area contributed by atoms with Gasteiger partial charge in [-0.2, -0.15) is 0 Å². The SMILES string of the molecule is O=C(NCC(=O)N1CCCC1)NCC1CCCC1C(=O)O. The van der Waals surface area contributed by atoms with Crippen molar-refractivity contribution in [3.05, 3.63) is 0 Å². The summed E-state index contributed by atoms with van der Waals surface area (Å²) in [4.78, 5) is 36.2. The summed E-state index contributed by atoms with van der Waals surface area (Å²) in [6.07, 6.45) is 4.44. The Morgan fingerprint density at radius 2 is 1.76 bits per heavy atom. The summed E-state index contributed by atoms with van der Waals surface area (Å²) >= 11 is 0. The largest absolute Gasteiger partial charge is 0.481 e. The number of likely N-dealkylation sites (tertiary alicyclic amines) is 1. The maximum Gasteiger partial charge on any atom is 0.315 e. The summed E-state index contributed by atoms with van der Waals surface area (Å²) in [7, 11) is 0. The molecule has 0 aromatic rings. The molecule has 3 amide bonds. The van der Waals surface area contributed by atoms with Crippen molar-refractivity contribution in [3.63, 3.8) is 0 Å². The zero-order valence-corrected chi connectivity index (χ0v) is 12.1. The molecular formula is C14H23N3O4. The number of aliphatic carboxylic acids is 1. The summed E-state index contributed by atoms with van der Waals surface area (Å²) in [6, 6.07) is -0.404. The van der Waals surface area contributed by atoms with E-state index < -0.39 is 12.0 Å². The third-order valence-electron chi connectivity index (χ3n) is 4.36. The van der Waals surface area contributed by atoms with Crippen molar-refractivity contribution in [2.24, 2.45) is 11.8 Å². The minimum Gasteiger partial charge on any atom is -0.481 e. The Hall–Kier alpha value is -1.79. The zero-order valence-electron chi connectivity index (χ0n) is 12.1. The molecule has 0 spiro atoms. The highest BCUT2D eigenvalue weighted by Gasteiger charge is 2.32. The molecule has 0 aromatic heterocycles. The number of carboxylic acids is 1. The van der Waals surface area contributed by atoms with Crippen LogP contribution in [0.2, 0.25) is 0 Å². The summed E-state index contributed by atoms with van der Waals surface area (Å²) in [5.74, 6) is -1.23. The van der Waals surface area contributed by atoms with Gasteiger partial charge >= 0.3 is 12.0 Å². The quantitative estimate of drug-likeness (QED) is 0.684. The summed E-state index contributed by atoms with van der Waals surface area (Å²) in [5, 5.41) is 14.3. The molecule has 1 saturated heterocycles. The van der Waals surface area contributed by atoms with Crippen molar-refractivity contribution < 1.29 is 19.5 Å². The topological polar surface area (TPSA) is 98.7 Å². The van der Waals surface area contributed by atoms with E-state index in [-0.39, 0.29) is 24.3 Å². The number of carbonyl (C=O) groups excluding carboxylic acids is 2. The molecule has 7 nitrogen and oxygen atoms in total. The van der Waals surface area contributed by atoms with E-state index in [2.05, 4.69) is 10.6 Å². The van der Waals surface area contributed by atoms with Crippen LogP contribution in [0.1, 0.15) is 32.1 Å². The van der Waals surface area contributed by atoms with Gasteiger partial charge in [-0.05, 0) is 31.6 Å². The molecule has 2 aliphatic rings. The van der Waals surface area contributed by atoms with Crippen LogP contribution >= 0.6 is 0 Å². The maximum atomic E-state index is 11.8. The van der Waals surface area contributed by atoms with Crippen LogP contribution in [0, 0.1) is 11.8 Å². The number of urea groups is 1. The number of nitrogens with zero attached hydrogens (tertiary/aromatic N) is 1. The Kier molecular flexibility index (Phi) is 5.41. The van der Waals surface area contributed by atoms with Gasteiger partial charge in [-0.25, -0.2) is 4.79 Å². The molecule has 1 aliphatic heterocycles. The molecule has 1 saturated carbocycles. The number of carboxylic acid groups (broad SMARTS) is 1. The first-order chi connectivity index (χ1) is 10.1. The fourth-order valence-corrected chi connectivity index (χ4v) is 3.13. The molecule has 0 radical (unpaired) electrons. The van der Waals surface area contributed by atoms with Crippen LogP contribution in [0.25, 0.3) is 0 Å². The van der Waals surface area contributed by atoms with Gasteiger partial charge in [0, 0.05) is 19.6 Å². The molecule has 2 unspecified atom stereocenters. The van der Waals surface area contributed by atoms with Gasteiger partial charge in [0.1, 0.15) is 0 Å². The first-order valence-corrected chi connectivity index (χ1v) is 7.60. The Labute approximate surface area is 124 Å². The zero-order chi connectivity index (χ0) is 15.2. The van der Waals surface area contributed by atoms with Crippen molar-refractivity contribution in [3.8, 4) is 0 Å². The van der Waals surface area contributed by atoms with Gasteiger partial charge in [-0.3, -0.25) is 9.59 Å². The third-order valence-corrected chi connectivity index (χ3v) is 4.36. The van der Waals surface area contributed by atoms with Crippen molar-refractivity contribution >= 4 is 17.9 Å². The van der Waals surface area contributed by atoms with Crippen molar-refractivity contribution in [2.75, 3.05) is 26.2 Å². The highest BCUT2D eigenvalue weighted by Crippen LogP contribution is 2.31. The monoisotopic (exact) mass is 297 g/mol. The number of amides is 3. The van der Waals surface area contributed by atoms with E-state index in [1.165, 1.54) is 0 Å². The van der Waals surface area contributed by atoms with E-state index >= 15 is 0 Å². The fraction of sp³-hybridized carbons (Fsp3) is 0.786. The Morgan fingerprint density at radius 1 is 1.05 bits per heavy atom. The number of carbonyl (C=O) groups is 3. The molecule has 1 heterocycles. The van der Waals surface area contributed by atoms with Crippen LogP contribution in [0.4, 0.5) is 4.79 Å². The molecule has 2 rings (SSSR count). The van der Waals surface area contributed by atoms with Crippen LogP contribution < -0.4 is 10.6 Å². The fourth-order valence-electron chi connectivity index (χ4n) is 3.13. The van der Waals surface area contributed by atoms with Crippen LogP contribution in [-0.2, 0) is 9.59 Å². The molecule has 0 bridgehead atoms. The minimum absolute atomic E-state index is 0.00113. The Bertz CT molecular complexity index is 407. The Morgan fingerprint density at radius 3 is 2.43 bits per heavy atom. The van der Waals surface area contributed by atoms with Crippen LogP contribution in [0.5, 0.6) is 0 Å². The highest BCUT2D eigenvalue weighted by atomic mass is 16.4. The number of hydrogen-bond donors (Lipinski definition) is 3. The molecule has 21 heavy (non-hydrogen) atoms. The van der Waals surface area contributed by atoms with Gasteiger partial charge < -0.3 is 20.6 Å². The van der Waals surface area contributed by atoms with Gasteiger partial charge in [0.05, 0.1) is 12.5 Å². The summed E-state index contributed by atoms with van der Waals surface area (Å²) in [5.41, 5.74) is 0. The maximum absolute atomic E-state index is 11.8. The van der Waals surface area contributed by atoms with E-state index in [0.29, 0.717) is 13.0 Å². The normalized spacial score (nSPS) is 24.9. The van der Waals surface area contributed by atoms with E-state index in [4.69, 9.17) is 5.11 Å². The lowest BCUT2D eigenvalue weighted by Crippen LogP contribution is -2.44. The van der Waals surface area contributed by atoms with Crippen LogP contribution in [-0.4, -0.2) is 54.1 Å². The predicted octanol–water partition coefficient (Wildman–Crippen LogP) is 0.409. The molecule has 0 aromatic carbocycles. The average molecular weight is 297 g/mol. The molecule has 118 valence electrons. The number of hydrogen-bond acceptors (Lipinski definition) is 3. The Balaban J connectivity index is 1.65. The van der Waals surface area contributed by atoms with Gasteiger partial charge in [-0.1, -0.05) is 6.42 Å².